The molecule has 0 amide bonds. The van der Waals surface area contributed by atoms with E-state index < -0.39 is 5.82 Å². The van der Waals surface area contributed by atoms with Crippen LogP contribution in [-0.2, 0) is 4.74 Å². The molecule has 0 spiro atoms. The van der Waals surface area contributed by atoms with E-state index in [1.165, 1.54) is 19.5 Å². The molecule has 20 heavy (non-hydrogen) atoms. The highest BCUT2D eigenvalue weighted by Gasteiger charge is 2.17. The highest BCUT2D eigenvalue weighted by molar-refractivity contribution is 5.90. The summed E-state index contributed by atoms with van der Waals surface area (Å²) in [5.74, 6) is 0.349. The first-order valence-electron chi connectivity index (χ1n) is 6.24. The molecule has 1 aromatic carbocycles. The van der Waals surface area contributed by atoms with Crippen LogP contribution >= 0.6 is 0 Å². The minimum Gasteiger partial charge on any atom is -0.494 e. The molecule has 6 heteroatoms. The fraction of sp³-hybridized carbons (Fsp3) is 0.429. The second-order valence-electron chi connectivity index (χ2n) is 5.04. The maximum Gasteiger partial charge on any atom is 0.167 e. The Morgan fingerprint density at radius 2 is 2.00 bits per heavy atom. The van der Waals surface area contributed by atoms with Gasteiger partial charge in [-0.1, -0.05) is 0 Å². The zero-order chi connectivity index (χ0) is 14.8. The summed E-state index contributed by atoms with van der Waals surface area (Å²) in [5.41, 5.74) is 0.192. The summed E-state index contributed by atoms with van der Waals surface area (Å²) in [6, 6.07) is 2.93. The van der Waals surface area contributed by atoms with Crippen LogP contribution in [0.4, 0.5) is 10.2 Å². The van der Waals surface area contributed by atoms with Crippen molar-refractivity contribution in [3.8, 4) is 5.75 Å². The topological polar surface area (TPSA) is 56.3 Å². The molecule has 0 bridgehead atoms. The predicted octanol–water partition coefficient (Wildman–Crippen LogP) is 2.61. The van der Waals surface area contributed by atoms with Gasteiger partial charge in [-0.05, 0) is 19.9 Å². The van der Waals surface area contributed by atoms with Crippen LogP contribution in [-0.4, -0.2) is 36.3 Å². The van der Waals surface area contributed by atoms with E-state index in [-0.39, 0.29) is 11.4 Å². The molecule has 1 N–H and O–H groups in total. The standard InChI is InChI=1S/C14H18FN3O2/c1-14(2,20-4)7-16-13-9-5-12(19-3)10(15)6-11(9)17-8-18-13/h5-6,8H,7H2,1-4H3,(H,16,17,18). The Kier molecular flexibility index (Phi) is 4.04. The quantitative estimate of drug-likeness (QED) is 0.911. The normalized spacial score (nSPS) is 11.7. The highest BCUT2D eigenvalue weighted by Crippen LogP contribution is 2.27. The smallest absolute Gasteiger partial charge is 0.167 e. The van der Waals surface area contributed by atoms with E-state index >= 15 is 0 Å². The Hall–Kier alpha value is -1.95. The average molecular weight is 279 g/mol. The Morgan fingerprint density at radius 3 is 2.65 bits per heavy atom. The van der Waals surface area contributed by atoms with Crippen molar-refractivity contribution in [2.45, 2.75) is 19.4 Å². The van der Waals surface area contributed by atoms with Crippen LogP contribution in [0, 0.1) is 5.82 Å². The molecule has 0 saturated heterocycles. The van der Waals surface area contributed by atoms with E-state index in [0.717, 1.165) is 0 Å². The zero-order valence-electron chi connectivity index (χ0n) is 12.0. The van der Waals surface area contributed by atoms with Gasteiger partial charge in [0.05, 0.1) is 18.2 Å². The van der Waals surface area contributed by atoms with Crippen LogP contribution in [0.25, 0.3) is 10.9 Å². The van der Waals surface area contributed by atoms with E-state index in [1.807, 2.05) is 13.8 Å². The van der Waals surface area contributed by atoms with Gasteiger partial charge in [0.1, 0.15) is 12.1 Å². The molecule has 0 aliphatic heterocycles. The van der Waals surface area contributed by atoms with Crippen molar-refractivity contribution in [3.63, 3.8) is 0 Å². The largest absolute Gasteiger partial charge is 0.494 e. The molecule has 0 radical (unpaired) electrons. The molecule has 0 aliphatic rings. The van der Waals surface area contributed by atoms with Gasteiger partial charge in [-0.25, -0.2) is 14.4 Å². The van der Waals surface area contributed by atoms with Gasteiger partial charge in [-0.15, -0.1) is 0 Å². The SMILES string of the molecule is COc1cc2c(NCC(C)(C)OC)ncnc2cc1F. The molecule has 0 atom stereocenters. The first-order valence-corrected chi connectivity index (χ1v) is 6.24. The molecule has 0 unspecified atom stereocenters. The number of fused-ring (bicyclic) bond motifs is 1. The first kappa shape index (κ1) is 14.5. The van der Waals surface area contributed by atoms with Crippen molar-refractivity contribution in [1.29, 1.82) is 0 Å². The zero-order valence-corrected chi connectivity index (χ0v) is 12.0. The second-order valence-corrected chi connectivity index (χ2v) is 5.04. The number of benzene rings is 1. The summed E-state index contributed by atoms with van der Waals surface area (Å²) in [6.45, 7) is 4.49. The van der Waals surface area contributed by atoms with Crippen molar-refractivity contribution in [2.24, 2.45) is 0 Å². The number of hydrogen-bond acceptors (Lipinski definition) is 5. The van der Waals surface area contributed by atoms with Gasteiger partial charge < -0.3 is 14.8 Å². The summed E-state index contributed by atoms with van der Waals surface area (Å²) in [4.78, 5) is 8.26. The van der Waals surface area contributed by atoms with Gasteiger partial charge >= 0.3 is 0 Å². The number of aromatic nitrogens is 2. The summed E-state index contributed by atoms with van der Waals surface area (Å²) in [7, 11) is 3.08. The molecule has 2 aromatic rings. The first-order chi connectivity index (χ1) is 9.46. The lowest BCUT2D eigenvalue weighted by molar-refractivity contribution is 0.0343. The lowest BCUT2D eigenvalue weighted by Crippen LogP contribution is -2.32. The van der Waals surface area contributed by atoms with E-state index in [2.05, 4.69) is 15.3 Å². The number of rotatable bonds is 5. The highest BCUT2D eigenvalue weighted by atomic mass is 19.1. The molecule has 0 saturated carbocycles. The Morgan fingerprint density at radius 1 is 1.25 bits per heavy atom. The molecular formula is C14H18FN3O2. The molecule has 1 aromatic heterocycles. The van der Waals surface area contributed by atoms with Crippen LogP contribution in [0.3, 0.4) is 0 Å². The number of halogens is 1. The van der Waals surface area contributed by atoms with E-state index in [0.29, 0.717) is 23.3 Å². The predicted molar refractivity (Wildman–Crippen MR) is 75.6 cm³/mol. The van der Waals surface area contributed by atoms with Crippen molar-refractivity contribution in [3.05, 3.63) is 24.3 Å². The Balaban J connectivity index is 2.38. The van der Waals surface area contributed by atoms with Crippen molar-refractivity contribution in [1.82, 2.24) is 9.97 Å². The maximum atomic E-state index is 13.7. The molecule has 1 heterocycles. The van der Waals surface area contributed by atoms with E-state index in [9.17, 15) is 4.39 Å². The summed E-state index contributed by atoms with van der Waals surface area (Å²) in [5, 5.41) is 3.90. The fourth-order valence-electron chi connectivity index (χ4n) is 1.72. The third-order valence-corrected chi connectivity index (χ3v) is 3.14. The molecule has 0 aliphatic carbocycles. The van der Waals surface area contributed by atoms with Crippen molar-refractivity contribution >= 4 is 16.7 Å². The van der Waals surface area contributed by atoms with Gasteiger partial charge in [0.25, 0.3) is 0 Å². The lowest BCUT2D eigenvalue weighted by atomic mass is 10.1. The minimum atomic E-state index is -0.443. The summed E-state index contributed by atoms with van der Waals surface area (Å²) >= 11 is 0. The van der Waals surface area contributed by atoms with Gasteiger partial charge in [0, 0.05) is 25.1 Å². The van der Waals surface area contributed by atoms with Crippen LogP contribution in [0.15, 0.2) is 18.5 Å². The Labute approximate surface area is 117 Å². The third kappa shape index (κ3) is 2.96. The number of nitrogens with zero attached hydrogens (tertiary/aromatic N) is 2. The minimum absolute atomic E-state index is 0.168. The van der Waals surface area contributed by atoms with Gasteiger partial charge in [0.15, 0.2) is 11.6 Å². The number of ether oxygens (including phenoxy) is 2. The van der Waals surface area contributed by atoms with Crippen molar-refractivity contribution in [2.75, 3.05) is 26.1 Å². The van der Waals surface area contributed by atoms with E-state index in [4.69, 9.17) is 9.47 Å². The van der Waals surface area contributed by atoms with Crippen LogP contribution in [0.2, 0.25) is 0 Å². The Bertz CT molecular complexity index is 617. The fourth-order valence-corrected chi connectivity index (χ4v) is 1.72. The van der Waals surface area contributed by atoms with Gasteiger partial charge in [0.2, 0.25) is 0 Å². The van der Waals surface area contributed by atoms with Crippen LogP contribution < -0.4 is 10.1 Å². The van der Waals surface area contributed by atoms with E-state index in [1.54, 1.807) is 13.2 Å². The molecule has 0 fully saturated rings. The molecule has 5 nitrogen and oxygen atoms in total. The number of nitrogens with one attached hydrogen (secondary N) is 1. The third-order valence-electron chi connectivity index (χ3n) is 3.14. The summed E-state index contributed by atoms with van der Waals surface area (Å²) < 4.78 is 24.0. The lowest BCUT2D eigenvalue weighted by Gasteiger charge is -2.23. The summed E-state index contributed by atoms with van der Waals surface area (Å²) in [6.07, 6.45) is 1.40. The van der Waals surface area contributed by atoms with Crippen LogP contribution in [0.1, 0.15) is 13.8 Å². The monoisotopic (exact) mass is 279 g/mol. The maximum absolute atomic E-state index is 13.7. The number of hydrogen-bond donors (Lipinski definition) is 1. The number of anilines is 1. The van der Waals surface area contributed by atoms with Crippen LogP contribution in [0.5, 0.6) is 5.75 Å². The molecular weight excluding hydrogens is 261 g/mol. The average Bonchev–Trinajstić information content (AvgIpc) is 2.44. The number of methoxy groups -OCH3 is 2. The molecule has 2 rings (SSSR count). The van der Waals surface area contributed by atoms with Crippen molar-refractivity contribution < 1.29 is 13.9 Å². The molecule has 108 valence electrons. The van der Waals surface area contributed by atoms with Gasteiger partial charge in [-0.2, -0.15) is 0 Å². The van der Waals surface area contributed by atoms with Gasteiger partial charge in [-0.3, -0.25) is 0 Å². The second kappa shape index (κ2) is 5.58.